The lowest BCUT2D eigenvalue weighted by atomic mass is 9.90. The molecule has 2 rings (SSSR count). The molecule has 0 heterocycles. The van der Waals surface area contributed by atoms with Crippen LogP contribution in [0.25, 0.3) is 0 Å². The standard InChI is InChI=1S/C24H26O7/c1-5-10-30-19-14-21(31-11-6-2)23(17(13-22(26)27)16(19)7-3)24(28)15-8-9-18(25)20(12-15)29-4/h5-6,8-9,12,14,25H,1-2,7,10-11,13H2,3-4H3,(H,26,27). The van der Waals surface area contributed by atoms with Crippen LogP contribution in [0.5, 0.6) is 23.0 Å². The van der Waals surface area contributed by atoms with Crippen molar-refractivity contribution in [1.29, 1.82) is 0 Å². The number of phenols is 1. The Morgan fingerprint density at radius 2 is 1.65 bits per heavy atom. The first-order valence-electron chi connectivity index (χ1n) is 9.67. The molecule has 7 heteroatoms. The van der Waals surface area contributed by atoms with Crippen LogP contribution >= 0.6 is 0 Å². The van der Waals surface area contributed by atoms with Crippen molar-refractivity contribution in [2.45, 2.75) is 19.8 Å². The van der Waals surface area contributed by atoms with Gasteiger partial charge in [-0.3, -0.25) is 9.59 Å². The maximum absolute atomic E-state index is 13.5. The lowest BCUT2D eigenvalue weighted by Gasteiger charge is -2.21. The van der Waals surface area contributed by atoms with Gasteiger partial charge in [-0.15, -0.1) is 0 Å². The van der Waals surface area contributed by atoms with E-state index >= 15 is 0 Å². The fraction of sp³-hybridized carbons (Fsp3) is 0.250. The van der Waals surface area contributed by atoms with Gasteiger partial charge in [-0.25, -0.2) is 0 Å². The summed E-state index contributed by atoms with van der Waals surface area (Å²) in [7, 11) is 1.37. The van der Waals surface area contributed by atoms with Gasteiger partial charge in [-0.2, -0.15) is 0 Å². The minimum Gasteiger partial charge on any atom is -0.504 e. The number of ether oxygens (including phenoxy) is 3. The lowest BCUT2D eigenvalue weighted by Crippen LogP contribution is -2.16. The lowest BCUT2D eigenvalue weighted by molar-refractivity contribution is -0.136. The molecule has 31 heavy (non-hydrogen) atoms. The SMILES string of the molecule is C=CCOc1cc(OCC=C)c(C(=O)c2ccc(O)c(OC)c2)c(CC(=O)O)c1CC. The molecule has 0 fully saturated rings. The van der Waals surface area contributed by atoms with Crippen molar-refractivity contribution in [3.63, 3.8) is 0 Å². The Morgan fingerprint density at radius 1 is 1.00 bits per heavy atom. The first kappa shape index (κ1) is 23.5. The predicted octanol–water partition coefficient (Wildman–Crippen LogP) is 3.95. The number of hydrogen-bond acceptors (Lipinski definition) is 6. The van der Waals surface area contributed by atoms with Gasteiger partial charge < -0.3 is 24.4 Å². The van der Waals surface area contributed by atoms with Crippen LogP contribution in [-0.2, 0) is 17.6 Å². The molecule has 7 nitrogen and oxygen atoms in total. The van der Waals surface area contributed by atoms with Gasteiger partial charge in [0.2, 0.25) is 0 Å². The molecular formula is C24H26O7. The number of phenolic OH excluding ortho intramolecular Hbond substituents is 1. The van der Waals surface area contributed by atoms with Crippen molar-refractivity contribution in [1.82, 2.24) is 0 Å². The van der Waals surface area contributed by atoms with Gasteiger partial charge in [0.05, 0.1) is 19.1 Å². The number of ketones is 1. The number of aliphatic carboxylic acids is 1. The molecule has 0 aliphatic heterocycles. The fourth-order valence-corrected chi connectivity index (χ4v) is 3.21. The number of carbonyl (C=O) groups excluding carboxylic acids is 1. The second kappa shape index (κ2) is 10.9. The number of aromatic hydroxyl groups is 1. The molecule has 0 amide bonds. The molecule has 0 aliphatic rings. The highest BCUT2D eigenvalue weighted by Gasteiger charge is 2.27. The topological polar surface area (TPSA) is 102 Å². The normalized spacial score (nSPS) is 10.3. The van der Waals surface area contributed by atoms with Gasteiger partial charge >= 0.3 is 5.97 Å². The quantitative estimate of drug-likeness (QED) is 0.391. The van der Waals surface area contributed by atoms with E-state index in [9.17, 15) is 19.8 Å². The second-order valence-electron chi connectivity index (χ2n) is 6.54. The first-order valence-corrected chi connectivity index (χ1v) is 9.67. The maximum Gasteiger partial charge on any atom is 0.307 e. The number of benzene rings is 2. The zero-order chi connectivity index (χ0) is 23.0. The molecule has 0 aromatic heterocycles. The van der Waals surface area contributed by atoms with E-state index in [1.807, 2.05) is 6.92 Å². The minimum atomic E-state index is -1.09. The van der Waals surface area contributed by atoms with Crippen LogP contribution in [-0.4, -0.2) is 42.3 Å². The maximum atomic E-state index is 13.5. The van der Waals surface area contributed by atoms with Crippen molar-refractivity contribution in [3.05, 3.63) is 71.8 Å². The van der Waals surface area contributed by atoms with E-state index in [0.29, 0.717) is 23.3 Å². The monoisotopic (exact) mass is 426 g/mol. The van der Waals surface area contributed by atoms with E-state index in [-0.39, 0.29) is 41.6 Å². The number of carbonyl (C=O) groups is 2. The van der Waals surface area contributed by atoms with E-state index in [0.717, 1.165) is 0 Å². The van der Waals surface area contributed by atoms with Crippen LogP contribution in [0.3, 0.4) is 0 Å². The van der Waals surface area contributed by atoms with Crippen LogP contribution in [0.4, 0.5) is 0 Å². The van der Waals surface area contributed by atoms with Gasteiger partial charge in [-0.1, -0.05) is 32.2 Å². The van der Waals surface area contributed by atoms with Crippen LogP contribution in [0.15, 0.2) is 49.6 Å². The molecule has 0 spiro atoms. The van der Waals surface area contributed by atoms with E-state index in [1.165, 1.54) is 31.4 Å². The summed E-state index contributed by atoms with van der Waals surface area (Å²) in [6.07, 6.45) is 3.14. The van der Waals surface area contributed by atoms with Crippen LogP contribution in [0, 0.1) is 0 Å². The second-order valence-corrected chi connectivity index (χ2v) is 6.54. The van der Waals surface area contributed by atoms with Crippen molar-refractivity contribution >= 4 is 11.8 Å². The number of rotatable bonds is 12. The van der Waals surface area contributed by atoms with E-state index in [1.54, 1.807) is 12.1 Å². The predicted molar refractivity (Wildman–Crippen MR) is 117 cm³/mol. The first-order chi connectivity index (χ1) is 14.9. The molecule has 2 N–H and O–H groups in total. The molecule has 2 aromatic rings. The summed E-state index contributed by atoms with van der Waals surface area (Å²) in [5.74, 6) is -0.931. The van der Waals surface area contributed by atoms with Crippen molar-refractivity contribution in [2.24, 2.45) is 0 Å². The molecule has 0 bridgehead atoms. The highest BCUT2D eigenvalue weighted by Crippen LogP contribution is 2.37. The Labute approximate surface area is 181 Å². The molecule has 0 atom stereocenters. The van der Waals surface area contributed by atoms with Crippen molar-refractivity contribution in [3.8, 4) is 23.0 Å². The summed E-state index contributed by atoms with van der Waals surface area (Å²) in [5, 5.41) is 19.4. The van der Waals surface area contributed by atoms with Crippen molar-refractivity contribution in [2.75, 3.05) is 20.3 Å². The molecular weight excluding hydrogens is 400 g/mol. The molecule has 0 aliphatic carbocycles. The van der Waals surface area contributed by atoms with Crippen molar-refractivity contribution < 1.29 is 34.0 Å². The van der Waals surface area contributed by atoms with E-state index < -0.39 is 18.2 Å². The summed E-state index contributed by atoms with van der Waals surface area (Å²) < 4.78 is 16.6. The summed E-state index contributed by atoms with van der Waals surface area (Å²) in [6, 6.07) is 5.76. The third-order valence-corrected chi connectivity index (χ3v) is 4.54. The van der Waals surface area contributed by atoms with Crippen LogP contribution in [0.2, 0.25) is 0 Å². The molecule has 0 saturated carbocycles. The van der Waals surface area contributed by atoms with Gasteiger partial charge in [0.25, 0.3) is 0 Å². The number of hydrogen-bond donors (Lipinski definition) is 2. The molecule has 0 saturated heterocycles. The smallest absolute Gasteiger partial charge is 0.307 e. The summed E-state index contributed by atoms with van der Waals surface area (Å²) >= 11 is 0. The average Bonchev–Trinajstić information content (AvgIpc) is 2.75. The Balaban J connectivity index is 2.79. The molecule has 164 valence electrons. The fourth-order valence-electron chi connectivity index (χ4n) is 3.21. The Bertz CT molecular complexity index is 992. The summed E-state index contributed by atoms with van der Waals surface area (Å²) in [4.78, 5) is 25.2. The van der Waals surface area contributed by atoms with E-state index in [4.69, 9.17) is 14.2 Å². The highest BCUT2D eigenvalue weighted by atomic mass is 16.5. The summed E-state index contributed by atoms with van der Waals surface area (Å²) in [5.41, 5.74) is 1.25. The Hall–Kier alpha value is -3.74. The molecule has 2 aromatic carbocycles. The molecule has 0 radical (unpaired) electrons. The number of methoxy groups -OCH3 is 1. The number of carboxylic acid groups (broad SMARTS) is 1. The van der Waals surface area contributed by atoms with Gasteiger partial charge in [0.1, 0.15) is 24.7 Å². The van der Waals surface area contributed by atoms with Gasteiger partial charge in [0, 0.05) is 11.6 Å². The molecule has 0 unspecified atom stereocenters. The largest absolute Gasteiger partial charge is 0.504 e. The van der Waals surface area contributed by atoms with Gasteiger partial charge in [0.15, 0.2) is 17.3 Å². The van der Waals surface area contributed by atoms with Gasteiger partial charge in [-0.05, 0) is 35.7 Å². The third-order valence-electron chi connectivity index (χ3n) is 4.54. The third kappa shape index (κ3) is 5.45. The van der Waals surface area contributed by atoms with Crippen LogP contribution < -0.4 is 14.2 Å². The number of carboxylic acids is 1. The van der Waals surface area contributed by atoms with E-state index in [2.05, 4.69) is 13.2 Å². The summed E-state index contributed by atoms with van der Waals surface area (Å²) in [6.45, 7) is 9.43. The highest BCUT2D eigenvalue weighted by molar-refractivity contribution is 6.12. The Kier molecular flexibility index (Phi) is 8.25. The average molecular weight is 426 g/mol. The van der Waals surface area contributed by atoms with Crippen LogP contribution in [0.1, 0.15) is 34.0 Å². The minimum absolute atomic E-state index is 0.109. The zero-order valence-electron chi connectivity index (χ0n) is 17.6. The Morgan fingerprint density at radius 3 is 2.19 bits per heavy atom. The zero-order valence-corrected chi connectivity index (χ0v) is 17.6.